The number of halogens is 3. The minimum atomic E-state index is -0.294. The molecule has 21 heavy (non-hydrogen) atoms. The van der Waals surface area contributed by atoms with Crippen LogP contribution in [-0.2, 0) is 6.54 Å². The third-order valence-corrected chi connectivity index (χ3v) is 3.41. The van der Waals surface area contributed by atoms with Crippen molar-refractivity contribution in [1.82, 2.24) is 5.32 Å². The van der Waals surface area contributed by atoms with Gasteiger partial charge in [0.15, 0.2) is 0 Å². The Kier molecular flexibility index (Phi) is 5.85. The topological polar surface area (TPSA) is 21.3 Å². The van der Waals surface area contributed by atoms with Crippen molar-refractivity contribution < 1.29 is 9.13 Å². The van der Waals surface area contributed by atoms with Crippen LogP contribution in [-0.4, -0.2) is 6.54 Å². The van der Waals surface area contributed by atoms with Crippen LogP contribution in [0, 0.1) is 5.82 Å². The fourth-order valence-electron chi connectivity index (χ4n) is 1.86. The van der Waals surface area contributed by atoms with Crippen LogP contribution in [0.25, 0.3) is 0 Å². The molecule has 0 aliphatic heterocycles. The number of hydrogen-bond acceptors (Lipinski definition) is 2. The lowest BCUT2D eigenvalue weighted by Crippen LogP contribution is -2.14. The second kappa shape index (κ2) is 7.64. The Bertz CT molecular complexity index is 619. The minimum absolute atomic E-state index is 0.294. The van der Waals surface area contributed by atoms with Gasteiger partial charge in [-0.2, -0.15) is 0 Å². The highest BCUT2D eigenvalue weighted by molar-refractivity contribution is 6.35. The summed E-state index contributed by atoms with van der Waals surface area (Å²) in [5.41, 5.74) is 0.745. The first-order valence-electron chi connectivity index (χ1n) is 6.72. The van der Waals surface area contributed by atoms with E-state index in [0.717, 1.165) is 18.5 Å². The van der Waals surface area contributed by atoms with Crippen molar-refractivity contribution in [2.24, 2.45) is 0 Å². The van der Waals surface area contributed by atoms with Gasteiger partial charge in [-0.15, -0.1) is 0 Å². The average Bonchev–Trinajstić information content (AvgIpc) is 2.44. The zero-order chi connectivity index (χ0) is 15.2. The van der Waals surface area contributed by atoms with Crippen LogP contribution in [0.5, 0.6) is 11.5 Å². The molecule has 0 aliphatic rings. The average molecular weight is 328 g/mol. The van der Waals surface area contributed by atoms with Crippen LogP contribution < -0.4 is 10.1 Å². The standard InChI is InChI=1S/C16H16Cl2FNO/c1-2-7-20-10-11-8-13(19)4-6-15(11)21-16-5-3-12(17)9-14(16)18/h3-6,8-9,20H,2,7,10H2,1H3. The van der Waals surface area contributed by atoms with Crippen LogP contribution in [0.4, 0.5) is 4.39 Å². The monoisotopic (exact) mass is 327 g/mol. The van der Waals surface area contributed by atoms with Crippen molar-refractivity contribution in [2.45, 2.75) is 19.9 Å². The first-order chi connectivity index (χ1) is 10.1. The number of hydrogen-bond donors (Lipinski definition) is 1. The molecule has 2 aromatic rings. The van der Waals surface area contributed by atoms with Gasteiger partial charge in [-0.25, -0.2) is 4.39 Å². The first-order valence-corrected chi connectivity index (χ1v) is 7.47. The Balaban J connectivity index is 2.22. The van der Waals surface area contributed by atoms with E-state index in [0.29, 0.717) is 28.1 Å². The van der Waals surface area contributed by atoms with Gasteiger partial charge < -0.3 is 10.1 Å². The lowest BCUT2D eigenvalue weighted by atomic mass is 10.2. The van der Waals surface area contributed by atoms with Crippen molar-refractivity contribution in [2.75, 3.05) is 6.54 Å². The summed E-state index contributed by atoms with van der Waals surface area (Å²) < 4.78 is 19.2. The fourth-order valence-corrected chi connectivity index (χ4v) is 2.31. The van der Waals surface area contributed by atoms with Gasteiger partial charge in [0.05, 0.1) is 5.02 Å². The summed E-state index contributed by atoms with van der Waals surface area (Å²) in [6.07, 6.45) is 1.01. The molecule has 0 saturated carbocycles. The molecule has 0 bridgehead atoms. The molecule has 0 heterocycles. The van der Waals surface area contributed by atoms with E-state index in [1.54, 1.807) is 24.3 Å². The lowest BCUT2D eigenvalue weighted by molar-refractivity contribution is 0.470. The lowest BCUT2D eigenvalue weighted by Gasteiger charge is -2.13. The molecule has 2 aromatic carbocycles. The third kappa shape index (κ3) is 4.60. The van der Waals surface area contributed by atoms with Crippen molar-refractivity contribution >= 4 is 23.2 Å². The fraction of sp³-hybridized carbons (Fsp3) is 0.250. The maximum atomic E-state index is 13.4. The highest BCUT2D eigenvalue weighted by Crippen LogP contribution is 2.33. The molecule has 0 atom stereocenters. The molecule has 0 spiro atoms. The Morgan fingerprint density at radius 2 is 1.86 bits per heavy atom. The van der Waals surface area contributed by atoms with Crippen LogP contribution in [0.15, 0.2) is 36.4 Å². The summed E-state index contributed by atoms with van der Waals surface area (Å²) in [7, 11) is 0. The quantitative estimate of drug-likeness (QED) is 0.715. The molecule has 0 amide bonds. The third-order valence-electron chi connectivity index (χ3n) is 2.88. The van der Waals surface area contributed by atoms with Crippen molar-refractivity contribution in [3.05, 3.63) is 57.8 Å². The molecule has 0 radical (unpaired) electrons. The molecule has 0 aromatic heterocycles. The largest absolute Gasteiger partial charge is 0.455 e. The zero-order valence-electron chi connectivity index (χ0n) is 11.6. The van der Waals surface area contributed by atoms with E-state index in [9.17, 15) is 4.39 Å². The van der Waals surface area contributed by atoms with Gasteiger partial charge in [-0.1, -0.05) is 30.1 Å². The molecule has 1 N–H and O–H groups in total. The second-order valence-electron chi connectivity index (χ2n) is 4.61. The molecule has 0 unspecified atom stereocenters. The number of benzene rings is 2. The number of rotatable bonds is 6. The summed E-state index contributed by atoms with van der Waals surface area (Å²) in [5.74, 6) is 0.770. The van der Waals surface area contributed by atoms with Crippen LogP contribution >= 0.6 is 23.2 Å². The highest BCUT2D eigenvalue weighted by Gasteiger charge is 2.09. The molecule has 2 nitrogen and oxygen atoms in total. The molecule has 5 heteroatoms. The molecule has 112 valence electrons. The van der Waals surface area contributed by atoms with E-state index < -0.39 is 0 Å². The van der Waals surface area contributed by atoms with E-state index in [4.69, 9.17) is 27.9 Å². The Morgan fingerprint density at radius 3 is 2.57 bits per heavy atom. The normalized spacial score (nSPS) is 10.7. The molecule has 2 rings (SSSR count). The van der Waals surface area contributed by atoms with E-state index >= 15 is 0 Å². The summed E-state index contributed by atoms with van der Waals surface area (Å²) in [5, 5.41) is 4.18. The number of ether oxygens (including phenoxy) is 1. The summed E-state index contributed by atoms with van der Waals surface area (Å²) in [6.45, 7) is 3.47. The van der Waals surface area contributed by atoms with Gasteiger partial charge in [0.1, 0.15) is 17.3 Å². The Hall–Kier alpha value is -1.29. The van der Waals surface area contributed by atoms with E-state index in [1.165, 1.54) is 12.1 Å². The van der Waals surface area contributed by atoms with Gasteiger partial charge in [0, 0.05) is 17.1 Å². The summed E-state index contributed by atoms with van der Waals surface area (Å²) in [6, 6.07) is 9.42. The number of nitrogens with one attached hydrogen (secondary N) is 1. The smallest absolute Gasteiger partial charge is 0.146 e. The molecular formula is C16H16Cl2FNO. The Morgan fingerprint density at radius 1 is 1.10 bits per heavy atom. The first kappa shape index (κ1) is 16.1. The predicted octanol–water partition coefficient (Wildman–Crippen LogP) is 5.42. The van der Waals surface area contributed by atoms with Crippen molar-refractivity contribution in [1.29, 1.82) is 0 Å². The van der Waals surface area contributed by atoms with Gasteiger partial charge in [-0.05, 0) is 49.4 Å². The van der Waals surface area contributed by atoms with Crippen LogP contribution in [0.2, 0.25) is 10.0 Å². The highest BCUT2D eigenvalue weighted by atomic mass is 35.5. The maximum absolute atomic E-state index is 13.4. The molecule has 0 saturated heterocycles. The molecule has 0 aliphatic carbocycles. The molecular weight excluding hydrogens is 312 g/mol. The van der Waals surface area contributed by atoms with Gasteiger partial charge in [0.25, 0.3) is 0 Å². The Labute approximate surface area is 133 Å². The molecule has 0 fully saturated rings. The summed E-state index contributed by atoms with van der Waals surface area (Å²) in [4.78, 5) is 0. The second-order valence-corrected chi connectivity index (χ2v) is 5.45. The SMILES string of the molecule is CCCNCc1cc(F)ccc1Oc1ccc(Cl)cc1Cl. The van der Waals surface area contributed by atoms with Gasteiger partial charge >= 0.3 is 0 Å². The van der Waals surface area contributed by atoms with E-state index in [1.807, 2.05) is 0 Å². The van der Waals surface area contributed by atoms with E-state index in [-0.39, 0.29) is 5.82 Å². The van der Waals surface area contributed by atoms with E-state index in [2.05, 4.69) is 12.2 Å². The van der Waals surface area contributed by atoms with Crippen molar-refractivity contribution in [3.63, 3.8) is 0 Å². The van der Waals surface area contributed by atoms with Crippen LogP contribution in [0.1, 0.15) is 18.9 Å². The van der Waals surface area contributed by atoms with Gasteiger partial charge in [-0.3, -0.25) is 0 Å². The zero-order valence-corrected chi connectivity index (χ0v) is 13.1. The van der Waals surface area contributed by atoms with Crippen molar-refractivity contribution in [3.8, 4) is 11.5 Å². The minimum Gasteiger partial charge on any atom is -0.455 e. The predicted molar refractivity (Wildman–Crippen MR) is 84.9 cm³/mol. The van der Waals surface area contributed by atoms with Gasteiger partial charge in [0.2, 0.25) is 0 Å². The summed E-state index contributed by atoms with van der Waals surface area (Å²) >= 11 is 11.9. The maximum Gasteiger partial charge on any atom is 0.146 e. The van der Waals surface area contributed by atoms with Crippen LogP contribution in [0.3, 0.4) is 0 Å².